The van der Waals surface area contributed by atoms with Gasteiger partial charge in [-0.05, 0) is 43.7 Å². The molecule has 21 heavy (non-hydrogen) atoms. The largest absolute Gasteiger partial charge is 0.376 e. The Bertz CT molecular complexity index is 444. The molecule has 0 spiro atoms. The first-order valence-corrected chi connectivity index (χ1v) is 7.17. The molecule has 1 aromatic rings. The van der Waals surface area contributed by atoms with Crippen LogP contribution in [0.5, 0.6) is 0 Å². The van der Waals surface area contributed by atoms with Crippen molar-refractivity contribution in [3.05, 3.63) is 24.4 Å². The molecule has 0 atom stereocenters. The third-order valence-corrected chi connectivity index (χ3v) is 4.08. The summed E-state index contributed by atoms with van der Waals surface area (Å²) in [6, 6.07) is 5.63. The number of aliphatic imine (C=N–C) groups is 1. The molecule has 3 N–H and O–H groups in total. The van der Waals surface area contributed by atoms with E-state index >= 15 is 0 Å². The van der Waals surface area contributed by atoms with Crippen LogP contribution in [0.2, 0.25) is 0 Å². The lowest BCUT2D eigenvalue weighted by Crippen LogP contribution is -2.40. The Balaban J connectivity index is 0.00000220. The predicted molar refractivity (Wildman–Crippen MR) is 97.1 cm³/mol. The molecule has 0 amide bonds. The number of aromatic nitrogens is 1. The molecule has 0 bridgehead atoms. The van der Waals surface area contributed by atoms with Gasteiger partial charge in [-0.15, -0.1) is 24.0 Å². The van der Waals surface area contributed by atoms with Crippen LogP contribution in [0, 0.1) is 5.92 Å². The summed E-state index contributed by atoms with van der Waals surface area (Å²) in [7, 11) is 1.77. The van der Waals surface area contributed by atoms with Crippen LogP contribution < -0.4 is 11.1 Å². The molecule has 1 aliphatic rings. The highest BCUT2D eigenvalue weighted by atomic mass is 127. The molecule has 1 heterocycles. The van der Waals surface area contributed by atoms with Crippen molar-refractivity contribution in [1.82, 2.24) is 4.98 Å². The molecular formula is C15H25IN4O. The molecule has 0 saturated heterocycles. The van der Waals surface area contributed by atoms with Gasteiger partial charge in [-0.1, -0.05) is 13.0 Å². The summed E-state index contributed by atoms with van der Waals surface area (Å²) in [5, 5.41) is 2.99. The normalized spacial score (nSPS) is 26.0. The van der Waals surface area contributed by atoms with Gasteiger partial charge >= 0.3 is 0 Å². The zero-order valence-electron chi connectivity index (χ0n) is 12.7. The van der Waals surface area contributed by atoms with Crippen molar-refractivity contribution in [2.45, 2.75) is 38.2 Å². The first kappa shape index (κ1) is 18.2. The average Bonchev–Trinajstić information content (AvgIpc) is 2.48. The van der Waals surface area contributed by atoms with Crippen molar-refractivity contribution < 1.29 is 4.74 Å². The molecule has 1 saturated carbocycles. The molecular weight excluding hydrogens is 379 g/mol. The Morgan fingerprint density at radius 2 is 2.19 bits per heavy atom. The second-order valence-electron chi connectivity index (χ2n) is 5.61. The van der Waals surface area contributed by atoms with Crippen LogP contribution in [-0.2, 0) is 4.74 Å². The van der Waals surface area contributed by atoms with Crippen molar-refractivity contribution >= 4 is 35.8 Å². The number of nitrogens with two attached hydrogens (primary N) is 1. The summed E-state index contributed by atoms with van der Waals surface area (Å²) in [5.74, 6) is 1.88. The minimum absolute atomic E-state index is 0. The Morgan fingerprint density at radius 1 is 1.48 bits per heavy atom. The van der Waals surface area contributed by atoms with Gasteiger partial charge in [0.05, 0.1) is 12.1 Å². The molecule has 2 rings (SSSR count). The van der Waals surface area contributed by atoms with Crippen molar-refractivity contribution in [3.8, 4) is 0 Å². The molecule has 6 heteroatoms. The average molecular weight is 404 g/mol. The third kappa shape index (κ3) is 5.43. The number of methoxy groups -OCH3 is 1. The van der Waals surface area contributed by atoms with Crippen LogP contribution in [0.15, 0.2) is 29.4 Å². The fourth-order valence-electron chi connectivity index (χ4n) is 2.55. The number of halogens is 1. The van der Waals surface area contributed by atoms with E-state index in [1.165, 1.54) is 12.8 Å². The highest BCUT2D eigenvalue weighted by molar-refractivity contribution is 14.0. The number of rotatable bonds is 4. The molecule has 1 fully saturated rings. The van der Waals surface area contributed by atoms with Crippen molar-refractivity contribution in [2.24, 2.45) is 16.6 Å². The van der Waals surface area contributed by atoms with Gasteiger partial charge in [0, 0.05) is 13.3 Å². The number of hydrogen-bond donors (Lipinski definition) is 2. The Hall–Kier alpha value is -0.890. The summed E-state index contributed by atoms with van der Waals surface area (Å²) in [6.07, 6.45) is 6.19. The zero-order valence-corrected chi connectivity index (χ0v) is 15.0. The van der Waals surface area contributed by atoms with E-state index in [1.807, 2.05) is 18.2 Å². The first-order chi connectivity index (χ1) is 9.63. The van der Waals surface area contributed by atoms with E-state index in [4.69, 9.17) is 10.5 Å². The minimum Gasteiger partial charge on any atom is -0.376 e. The molecule has 0 aliphatic heterocycles. The van der Waals surface area contributed by atoms with Gasteiger partial charge in [-0.2, -0.15) is 0 Å². The molecule has 1 aliphatic carbocycles. The summed E-state index contributed by atoms with van der Waals surface area (Å²) >= 11 is 0. The van der Waals surface area contributed by atoms with Crippen LogP contribution in [-0.4, -0.2) is 30.2 Å². The van der Waals surface area contributed by atoms with Gasteiger partial charge in [-0.25, -0.2) is 4.98 Å². The van der Waals surface area contributed by atoms with Crippen LogP contribution in [0.4, 0.5) is 5.82 Å². The molecule has 118 valence electrons. The van der Waals surface area contributed by atoms with Crippen molar-refractivity contribution in [2.75, 3.05) is 19.0 Å². The van der Waals surface area contributed by atoms with E-state index in [0.717, 1.165) is 18.8 Å². The van der Waals surface area contributed by atoms with Gasteiger partial charge < -0.3 is 15.8 Å². The molecule has 0 unspecified atom stereocenters. The molecule has 5 nitrogen and oxygen atoms in total. The van der Waals surface area contributed by atoms with Crippen molar-refractivity contribution in [3.63, 3.8) is 0 Å². The Morgan fingerprint density at radius 3 is 2.76 bits per heavy atom. The fraction of sp³-hybridized carbons (Fsp3) is 0.600. The van der Waals surface area contributed by atoms with E-state index in [0.29, 0.717) is 18.3 Å². The van der Waals surface area contributed by atoms with E-state index in [2.05, 4.69) is 22.2 Å². The number of anilines is 1. The van der Waals surface area contributed by atoms with Gasteiger partial charge in [0.25, 0.3) is 0 Å². The standard InChI is InChI=1S/C15H24N4O.HI/c1-12-6-8-15(20-2,9-7-12)11-18-14(16)19-13-5-3-4-10-17-13;/h3-5,10,12H,6-9,11H2,1-2H3,(H3,16,17,18,19);1H. The van der Waals surface area contributed by atoms with Gasteiger partial charge in [0.2, 0.25) is 0 Å². The summed E-state index contributed by atoms with van der Waals surface area (Å²) in [6.45, 7) is 2.89. The smallest absolute Gasteiger partial charge is 0.194 e. The first-order valence-electron chi connectivity index (χ1n) is 7.17. The summed E-state index contributed by atoms with van der Waals surface area (Å²) in [5.41, 5.74) is 5.76. The Labute approximate surface area is 143 Å². The fourth-order valence-corrected chi connectivity index (χ4v) is 2.55. The number of nitrogens with one attached hydrogen (secondary N) is 1. The maximum atomic E-state index is 5.91. The van der Waals surface area contributed by atoms with Crippen molar-refractivity contribution in [1.29, 1.82) is 0 Å². The number of guanidine groups is 1. The summed E-state index contributed by atoms with van der Waals surface area (Å²) < 4.78 is 5.72. The topological polar surface area (TPSA) is 72.5 Å². The number of ether oxygens (including phenoxy) is 1. The number of pyridine rings is 1. The second kappa shape index (κ2) is 8.53. The minimum atomic E-state index is -0.150. The van der Waals surface area contributed by atoms with E-state index in [1.54, 1.807) is 13.3 Å². The maximum absolute atomic E-state index is 5.91. The van der Waals surface area contributed by atoms with E-state index in [-0.39, 0.29) is 29.6 Å². The second-order valence-corrected chi connectivity index (χ2v) is 5.61. The van der Waals surface area contributed by atoms with Crippen LogP contribution in [0.1, 0.15) is 32.6 Å². The quantitative estimate of drug-likeness (QED) is 0.460. The van der Waals surface area contributed by atoms with E-state index < -0.39 is 0 Å². The van der Waals surface area contributed by atoms with E-state index in [9.17, 15) is 0 Å². The van der Waals surface area contributed by atoms with Crippen LogP contribution in [0.3, 0.4) is 0 Å². The summed E-state index contributed by atoms with van der Waals surface area (Å²) in [4.78, 5) is 8.59. The maximum Gasteiger partial charge on any atom is 0.194 e. The molecule has 0 radical (unpaired) electrons. The van der Waals surface area contributed by atoms with Crippen LogP contribution in [0.25, 0.3) is 0 Å². The lowest BCUT2D eigenvalue weighted by Gasteiger charge is -2.37. The van der Waals surface area contributed by atoms with Gasteiger partial charge in [0.1, 0.15) is 5.82 Å². The molecule has 0 aromatic carbocycles. The zero-order chi connectivity index (χ0) is 14.4. The monoisotopic (exact) mass is 404 g/mol. The lowest BCUT2D eigenvalue weighted by atomic mass is 9.79. The molecule has 1 aromatic heterocycles. The highest BCUT2D eigenvalue weighted by Gasteiger charge is 2.33. The highest BCUT2D eigenvalue weighted by Crippen LogP contribution is 2.34. The third-order valence-electron chi connectivity index (χ3n) is 4.08. The lowest BCUT2D eigenvalue weighted by molar-refractivity contribution is -0.0394. The number of hydrogen-bond acceptors (Lipinski definition) is 3. The van der Waals surface area contributed by atoms with Crippen LogP contribution >= 0.6 is 24.0 Å². The Kier molecular flexibility index (Phi) is 7.37. The van der Waals surface area contributed by atoms with Gasteiger partial charge in [0.15, 0.2) is 5.96 Å². The SMILES string of the molecule is COC1(CN=C(N)Nc2ccccn2)CCC(C)CC1.I. The van der Waals surface area contributed by atoms with Gasteiger partial charge in [-0.3, -0.25) is 4.99 Å². The number of nitrogens with zero attached hydrogens (tertiary/aromatic N) is 2. The predicted octanol–water partition coefficient (Wildman–Crippen LogP) is 3.02.